The van der Waals surface area contributed by atoms with Gasteiger partial charge < -0.3 is 0 Å². The minimum absolute atomic E-state index is 0.161. The first-order valence-corrected chi connectivity index (χ1v) is 6.20. The Morgan fingerprint density at radius 2 is 1.67 bits per heavy atom. The van der Waals surface area contributed by atoms with Gasteiger partial charge in [-0.2, -0.15) is 10.5 Å². The van der Waals surface area contributed by atoms with Gasteiger partial charge in [-0.25, -0.2) is 4.90 Å². The molecule has 0 radical (unpaired) electrons. The Hall–Kier alpha value is -2.31. The van der Waals surface area contributed by atoms with Gasteiger partial charge in [-0.15, -0.1) is 11.8 Å². The van der Waals surface area contributed by atoms with Crippen LogP contribution < -0.4 is 4.90 Å². The van der Waals surface area contributed by atoms with Crippen molar-refractivity contribution in [3.63, 3.8) is 0 Å². The second-order valence-corrected chi connectivity index (χ2v) is 4.55. The number of amides is 2. The molecule has 0 unspecified atom stereocenters. The molecular weight excluding hydrogens is 250 g/mol. The third-order valence-electron chi connectivity index (χ3n) is 2.45. The molecule has 1 aromatic rings. The number of anilines is 1. The average molecular weight is 257 g/mol. The van der Waals surface area contributed by atoms with Gasteiger partial charge in [-0.1, -0.05) is 0 Å². The van der Waals surface area contributed by atoms with Gasteiger partial charge in [0.1, 0.15) is 12.1 Å². The maximum atomic E-state index is 11.7. The third kappa shape index (κ3) is 2.06. The van der Waals surface area contributed by atoms with Crippen molar-refractivity contribution in [3.8, 4) is 12.1 Å². The summed E-state index contributed by atoms with van der Waals surface area (Å²) in [7, 11) is 0. The summed E-state index contributed by atoms with van der Waals surface area (Å²) in [6.07, 6.45) is 0. The van der Waals surface area contributed by atoms with E-state index < -0.39 is 0 Å². The molecular formula is C12H7N3O2S. The zero-order valence-electron chi connectivity index (χ0n) is 9.21. The Bertz CT molecular complexity index is 597. The average Bonchev–Trinajstić information content (AvgIpc) is 2.38. The molecule has 88 valence electrons. The summed E-state index contributed by atoms with van der Waals surface area (Å²) in [5.74, 6) is -0.115. The molecule has 1 aliphatic rings. The lowest BCUT2D eigenvalue weighted by Gasteiger charge is -2.24. The number of imide groups is 1. The summed E-state index contributed by atoms with van der Waals surface area (Å²) in [4.78, 5) is 24.5. The number of carbonyl (C=O) groups excluding carboxylic acids is 2. The summed E-state index contributed by atoms with van der Waals surface area (Å²) in [6.45, 7) is 0. The van der Waals surface area contributed by atoms with Crippen LogP contribution in [0.4, 0.5) is 5.69 Å². The number of hydrogen-bond donors (Lipinski definition) is 0. The van der Waals surface area contributed by atoms with E-state index in [0.717, 1.165) is 4.90 Å². The Labute approximate surface area is 108 Å². The molecule has 0 spiro atoms. The van der Waals surface area contributed by atoms with Crippen molar-refractivity contribution >= 4 is 29.3 Å². The van der Waals surface area contributed by atoms with Crippen molar-refractivity contribution in [2.24, 2.45) is 0 Å². The Balaban J connectivity index is 2.46. The van der Waals surface area contributed by atoms with Crippen LogP contribution in [0.1, 0.15) is 11.1 Å². The van der Waals surface area contributed by atoms with Crippen LogP contribution in [0.2, 0.25) is 0 Å². The van der Waals surface area contributed by atoms with Crippen molar-refractivity contribution < 1.29 is 9.59 Å². The molecule has 5 nitrogen and oxygen atoms in total. The molecule has 0 atom stereocenters. The Morgan fingerprint density at radius 3 is 2.22 bits per heavy atom. The summed E-state index contributed by atoms with van der Waals surface area (Å²) in [6, 6.07) is 8.10. The summed E-state index contributed by atoms with van der Waals surface area (Å²) < 4.78 is 0. The van der Waals surface area contributed by atoms with Crippen molar-refractivity contribution in [1.82, 2.24) is 0 Å². The van der Waals surface area contributed by atoms with Gasteiger partial charge in [0.15, 0.2) is 0 Å². The molecule has 0 aliphatic carbocycles. The SMILES string of the molecule is N#Cc1ccc(N2C(=O)CSCC2=O)cc1C#N. The summed E-state index contributed by atoms with van der Waals surface area (Å²) in [5, 5.41) is 17.7. The molecule has 2 amide bonds. The van der Waals surface area contributed by atoms with Gasteiger partial charge in [0.2, 0.25) is 11.8 Å². The summed E-state index contributed by atoms with van der Waals surface area (Å²) >= 11 is 1.27. The maximum absolute atomic E-state index is 11.7. The number of carbonyl (C=O) groups is 2. The zero-order chi connectivity index (χ0) is 13.1. The highest BCUT2D eigenvalue weighted by atomic mass is 32.2. The first-order valence-electron chi connectivity index (χ1n) is 5.05. The van der Waals surface area contributed by atoms with Crippen molar-refractivity contribution in [1.29, 1.82) is 10.5 Å². The van der Waals surface area contributed by atoms with Crippen LogP contribution >= 0.6 is 11.8 Å². The maximum Gasteiger partial charge on any atom is 0.243 e. The fourth-order valence-corrected chi connectivity index (χ4v) is 2.35. The van der Waals surface area contributed by atoms with Crippen LogP contribution in [0.5, 0.6) is 0 Å². The van der Waals surface area contributed by atoms with E-state index in [1.165, 1.54) is 30.0 Å². The lowest BCUT2D eigenvalue weighted by molar-refractivity contribution is -0.124. The van der Waals surface area contributed by atoms with E-state index >= 15 is 0 Å². The fraction of sp³-hybridized carbons (Fsp3) is 0.167. The molecule has 0 aromatic heterocycles. The molecule has 1 heterocycles. The van der Waals surface area contributed by atoms with Crippen LogP contribution in [0.25, 0.3) is 0 Å². The quantitative estimate of drug-likeness (QED) is 0.701. The highest BCUT2D eigenvalue weighted by molar-refractivity contribution is 8.00. The van der Waals surface area contributed by atoms with Crippen molar-refractivity contribution in [2.75, 3.05) is 16.4 Å². The van der Waals surface area contributed by atoms with Gasteiger partial charge in [0.25, 0.3) is 0 Å². The molecule has 2 rings (SSSR count). The van der Waals surface area contributed by atoms with Crippen LogP contribution in [0.3, 0.4) is 0 Å². The van der Waals surface area contributed by atoms with E-state index in [0.29, 0.717) is 5.69 Å². The predicted octanol–water partition coefficient (Wildman–Crippen LogP) is 1.04. The monoisotopic (exact) mass is 257 g/mol. The van der Waals surface area contributed by atoms with Gasteiger partial charge in [-0.3, -0.25) is 9.59 Å². The van der Waals surface area contributed by atoms with E-state index in [1.807, 2.05) is 12.1 Å². The number of nitrogens with zero attached hydrogens (tertiary/aromatic N) is 3. The third-order valence-corrected chi connectivity index (χ3v) is 3.35. The zero-order valence-corrected chi connectivity index (χ0v) is 10.0. The largest absolute Gasteiger partial charge is 0.273 e. The number of nitriles is 2. The van der Waals surface area contributed by atoms with Gasteiger partial charge >= 0.3 is 0 Å². The lowest BCUT2D eigenvalue weighted by atomic mass is 10.1. The molecule has 1 fully saturated rings. The summed E-state index contributed by atoms with van der Waals surface area (Å²) in [5.41, 5.74) is 0.738. The van der Waals surface area contributed by atoms with Crippen LogP contribution in [-0.2, 0) is 9.59 Å². The lowest BCUT2D eigenvalue weighted by Crippen LogP contribution is -2.43. The topological polar surface area (TPSA) is 85.0 Å². The Kier molecular flexibility index (Phi) is 3.31. The molecule has 1 aliphatic heterocycles. The number of hydrogen-bond acceptors (Lipinski definition) is 5. The molecule has 0 saturated carbocycles. The van der Waals surface area contributed by atoms with E-state index in [9.17, 15) is 9.59 Å². The van der Waals surface area contributed by atoms with Crippen molar-refractivity contribution in [2.45, 2.75) is 0 Å². The van der Waals surface area contributed by atoms with Crippen LogP contribution in [-0.4, -0.2) is 23.3 Å². The first-order chi connectivity index (χ1) is 8.67. The highest BCUT2D eigenvalue weighted by Gasteiger charge is 2.28. The van der Waals surface area contributed by atoms with Crippen LogP contribution in [0, 0.1) is 22.7 Å². The molecule has 6 heteroatoms. The van der Waals surface area contributed by atoms with E-state index in [4.69, 9.17) is 10.5 Å². The van der Waals surface area contributed by atoms with E-state index in [-0.39, 0.29) is 34.4 Å². The Morgan fingerprint density at radius 1 is 1.06 bits per heavy atom. The number of benzene rings is 1. The van der Waals surface area contributed by atoms with Gasteiger partial charge in [0, 0.05) is 0 Å². The van der Waals surface area contributed by atoms with Gasteiger partial charge in [-0.05, 0) is 18.2 Å². The molecule has 1 aromatic carbocycles. The van der Waals surface area contributed by atoms with Gasteiger partial charge in [0.05, 0.1) is 28.3 Å². The minimum Gasteiger partial charge on any atom is -0.273 e. The second kappa shape index (κ2) is 4.91. The molecule has 0 bridgehead atoms. The molecule has 18 heavy (non-hydrogen) atoms. The highest BCUT2D eigenvalue weighted by Crippen LogP contribution is 2.23. The number of rotatable bonds is 1. The normalized spacial score (nSPS) is 15.1. The standard InChI is InChI=1S/C12H7N3O2S/c13-4-8-1-2-10(3-9(8)5-14)15-11(16)6-18-7-12(15)17/h1-3H,6-7H2. The molecule has 0 N–H and O–H groups in total. The second-order valence-electron chi connectivity index (χ2n) is 3.57. The van der Waals surface area contributed by atoms with Crippen molar-refractivity contribution in [3.05, 3.63) is 29.3 Å². The fourth-order valence-electron chi connectivity index (χ4n) is 1.64. The van der Waals surface area contributed by atoms with E-state index in [1.54, 1.807) is 0 Å². The smallest absolute Gasteiger partial charge is 0.243 e. The van der Waals surface area contributed by atoms with Crippen LogP contribution in [0.15, 0.2) is 18.2 Å². The van der Waals surface area contributed by atoms with E-state index in [2.05, 4.69) is 0 Å². The number of thioether (sulfide) groups is 1. The predicted molar refractivity (Wildman–Crippen MR) is 65.7 cm³/mol. The minimum atomic E-state index is -0.301. The molecule has 1 saturated heterocycles. The first kappa shape index (κ1) is 12.2.